The van der Waals surface area contributed by atoms with E-state index in [4.69, 9.17) is 4.74 Å². The van der Waals surface area contributed by atoms with Crippen LogP contribution in [0.5, 0.6) is 0 Å². The predicted molar refractivity (Wildman–Crippen MR) is 73.0 cm³/mol. The SMILES string of the molecule is COC(=O)CNC(=O)[C@H](NC(=O)OC(C)(C)C)C(C)C. The first-order valence-corrected chi connectivity index (χ1v) is 6.41. The van der Waals surface area contributed by atoms with Crippen LogP contribution in [0.1, 0.15) is 34.6 Å². The van der Waals surface area contributed by atoms with Gasteiger partial charge < -0.3 is 20.1 Å². The summed E-state index contributed by atoms with van der Waals surface area (Å²) in [6, 6.07) is -0.783. The van der Waals surface area contributed by atoms with Crippen molar-refractivity contribution >= 4 is 18.0 Å². The number of ether oxygens (including phenoxy) is 2. The second kappa shape index (κ2) is 7.72. The Kier molecular flexibility index (Phi) is 7.02. The van der Waals surface area contributed by atoms with Crippen molar-refractivity contribution in [2.75, 3.05) is 13.7 Å². The molecule has 0 aromatic rings. The summed E-state index contributed by atoms with van der Waals surface area (Å²) in [5.41, 5.74) is -0.645. The van der Waals surface area contributed by atoms with Gasteiger partial charge in [0.05, 0.1) is 7.11 Å². The topological polar surface area (TPSA) is 93.7 Å². The Hall–Kier alpha value is -1.79. The van der Waals surface area contributed by atoms with Gasteiger partial charge in [-0.15, -0.1) is 0 Å². The maximum absolute atomic E-state index is 11.9. The molecule has 7 nitrogen and oxygen atoms in total. The van der Waals surface area contributed by atoms with Crippen molar-refractivity contribution in [1.29, 1.82) is 0 Å². The smallest absolute Gasteiger partial charge is 0.408 e. The highest BCUT2D eigenvalue weighted by atomic mass is 16.6. The Morgan fingerprint density at radius 3 is 2.10 bits per heavy atom. The van der Waals surface area contributed by atoms with Crippen LogP contribution in [-0.2, 0) is 19.1 Å². The van der Waals surface area contributed by atoms with E-state index >= 15 is 0 Å². The molecule has 0 unspecified atom stereocenters. The lowest BCUT2D eigenvalue weighted by atomic mass is 10.0. The molecule has 7 heteroatoms. The number of hydrogen-bond donors (Lipinski definition) is 2. The van der Waals surface area contributed by atoms with E-state index in [1.165, 1.54) is 7.11 Å². The van der Waals surface area contributed by atoms with E-state index in [1.54, 1.807) is 34.6 Å². The minimum atomic E-state index is -0.783. The Morgan fingerprint density at radius 2 is 1.70 bits per heavy atom. The maximum Gasteiger partial charge on any atom is 0.408 e. The minimum Gasteiger partial charge on any atom is -0.468 e. The summed E-state index contributed by atoms with van der Waals surface area (Å²) in [6.45, 7) is 8.50. The van der Waals surface area contributed by atoms with Crippen molar-refractivity contribution in [3.8, 4) is 0 Å². The van der Waals surface area contributed by atoms with E-state index in [0.717, 1.165) is 0 Å². The zero-order valence-electron chi connectivity index (χ0n) is 12.9. The van der Waals surface area contributed by atoms with Crippen LogP contribution < -0.4 is 10.6 Å². The fraction of sp³-hybridized carbons (Fsp3) is 0.769. The third-order valence-corrected chi connectivity index (χ3v) is 2.26. The summed E-state index contributed by atoms with van der Waals surface area (Å²) in [4.78, 5) is 34.6. The van der Waals surface area contributed by atoms with Crippen molar-refractivity contribution in [2.45, 2.75) is 46.3 Å². The molecule has 0 saturated carbocycles. The van der Waals surface area contributed by atoms with Crippen molar-refractivity contribution < 1.29 is 23.9 Å². The molecule has 0 aromatic carbocycles. The highest BCUT2D eigenvalue weighted by molar-refractivity contribution is 5.88. The standard InChI is InChI=1S/C13H24N2O5/c1-8(2)10(11(17)14-7-9(16)19-6)15-12(18)20-13(3,4)5/h8,10H,7H2,1-6H3,(H,14,17)(H,15,18)/t10-/m1/s1. The van der Waals surface area contributed by atoms with Crippen molar-refractivity contribution in [3.05, 3.63) is 0 Å². The van der Waals surface area contributed by atoms with Gasteiger partial charge in [0.1, 0.15) is 18.2 Å². The summed E-state index contributed by atoms with van der Waals surface area (Å²) in [5, 5.41) is 4.89. The fourth-order valence-corrected chi connectivity index (χ4v) is 1.31. The van der Waals surface area contributed by atoms with Gasteiger partial charge in [-0.2, -0.15) is 0 Å². The second-order valence-electron chi connectivity index (χ2n) is 5.66. The molecule has 20 heavy (non-hydrogen) atoms. The van der Waals surface area contributed by atoms with Crippen LogP contribution >= 0.6 is 0 Å². The van der Waals surface area contributed by atoms with Gasteiger partial charge in [0.2, 0.25) is 5.91 Å². The molecule has 0 aliphatic rings. The van der Waals surface area contributed by atoms with Gasteiger partial charge in [-0.05, 0) is 26.7 Å². The number of alkyl carbamates (subject to hydrolysis) is 1. The number of hydrogen-bond acceptors (Lipinski definition) is 5. The Morgan fingerprint density at radius 1 is 1.15 bits per heavy atom. The van der Waals surface area contributed by atoms with Crippen molar-refractivity contribution in [2.24, 2.45) is 5.92 Å². The van der Waals surface area contributed by atoms with E-state index in [2.05, 4.69) is 15.4 Å². The third kappa shape index (κ3) is 7.60. The quantitative estimate of drug-likeness (QED) is 0.731. The van der Waals surface area contributed by atoms with Gasteiger partial charge in [0, 0.05) is 0 Å². The summed E-state index contributed by atoms with van der Waals surface area (Å²) in [6.07, 6.45) is -0.676. The van der Waals surface area contributed by atoms with Crippen LogP contribution in [-0.4, -0.2) is 43.3 Å². The minimum absolute atomic E-state index is 0.153. The van der Waals surface area contributed by atoms with Gasteiger partial charge in [0.15, 0.2) is 0 Å². The zero-order valence-corrected chi connectivity index (χ0v) is 12.9. The van der Waals surface area contributed by atoms with Crippen molar-refractivity contribution in [1.82, 2.24) is 10.6 Å². The monoisotopic (exact) mass is 288 g/mol. The molecule has 0 bridgehead atoms. The summed E-state index contributed by atoms with van der Waals surface area (Å²) in [5.74, 6) is -1.17. The normalized spacial score (nSPS) is 12.6. The molecule has 0 rings (SSSR count). The Labute approximate surface area is 119 Å². The Balaban J connectivity index is 4.53. The lowest BCUT2D eigenvalue weighted by Gasteiger charge is -2.25. The van der Waals surface area contributed by atoms with Crippen LogP contribution in [0.15, 0.2) is 0 Å². The zero-order chi connectivity index (χ0) is 15.9. The van der Waals surface area contributed by atoms with E-state index in [9.17, 15) is 14.4 Å². The van der Waals surface area contributed by atoms with Gasteiger partial charge in [0.25, 0.3) is 0 Å². The molecule has 0 aliphatic heterocycles. The molecule has 0 saturated heterocycles. The average molecular weight is 288 g/mol. The van der Waals surface area contributed by atoms with Crippen LogP contribution in [0.25, 0.3) is 0 Å². The molecule has 2 amide bonds. The molecule has 1 atom stereocenters. The first-order valence-electron chi connectivity index (χ1n) is 6.41. The molecular weight excluding hydrogens is 264 g/mol. The molecule has 0 fully saturated rings. The van der Waals surface area contributed by atoms with Crippen LogP contribution in [0.4, 0.5) is 4.79 Å². The molecule has 2 N–H and O–H groups in total. The number of amides is 2. The predicted octanol–water partition coefficient (Wildman–Crippen LogP) is 0.825. The number of esters is 1. The molecule has 116 valence electrons. The average Bonchev–Trinajstić information content (AvgIpc) is 2.29. The van der Waals surface area contributed by atoms with E-state index in [0.29, 0.717) is 0 Å². The van der Waals surface area contributed by atoms with E-state index < -0.39 is 29.6 Å². The van der Waals surface area contributed by atoms with E-state index in [-0.39, 0.29) is 12.5 Å². The molecule has 0 radical (unpaired) electrons. The second-order valence-corrected chi connectivity index (χ2v) is 5.66. The highest BCUT2D eigenvalue weighted by Gasteiger charge is 2.27. The number of carbonyl (C=O) groups is 3. The van der Waals surface area contributed by atoms with Crippen LogP contribution in [0.3, 0.4) is 0 Å². The molecule has 0 spiro atoms. The van der Waals surface area contributed by atoms with Crippen LogP contribution in [0, 0.1) is 5.92 Å². The molecule has 0 aliphatic carbocycles. The Bertz CT molecular complexity index is 360. The summed E-state index contributed by atoms with van der Waals surface area (Å²) in [7, 11) is 1.23. The van der Waals surface area contributed by atoms with Gasteiger partial charge in [-0.1, -0.05) is 13.8 Å². The van der Waals surface area contributed by atoms with Gasteiger partial charge in [-0.3, -0.25) is 9.59 Å². The first-order chi connectivity index (χ1) is 9.06. The van der Waals surface area contributed by atoms with Crippen molar-refractivity contribution in [3.63, 3.8) is 0 Å². The number of carbonyl (C=O) groups excluding carboxylic acids is 3. The number of rotatable bonds is 5. The molecular formula is C13H24N2O5. The van der Waals surface area contributed by atoms with Gasteiger partial charge >= 0.3 is 12.1 Å². The third-order valence-electron chi connectivity index (χ3n) is 2.26. The molecule has 0 aromatic heterocycles. The summed E-state index contributed by atoms with van der Waals surface area (Å²) < 4.78 is 9.52. The summed E-state index contributed by atoms with van der Waals surface area (Å²) >= 11 is 0. The fourth-order valence-electron chi connectivity index (χ4n) is 1.31. The van der Waals surface area contributed by atoms with E-state index in [1.807, 2.05) is 0 Å². The number of methoxy groups -OCH3 is 1. The van der Waals surface area contributed by atoms with Gasteiger partial charge in [-0.25, -0.2) is 4.79 Å². The maximum atomic E-state index is 11.9. The highest BCUT2D eigenvalue weighted by Crippen LogP contribution is 2.08. The van der Waals surface area contributed by atoms with Crippen LogP contribution in [0.2, 0.25) is 0 Å². The lowest BCUT2D eigenvalue weighted by molar-refractivity contribution is -0.141. The lowest BCUT2D eigenvalue weighted by Crippen LogP contribution is -2.51. The first kappa shape index (κ1) is 18.2. The number of nitrogens with one attached hydrogen (secondary N) is 2. The molecule has 0 heterocycles. The largest absolute Gasteiger partial charge is 0.468 e.